The second-order valence-electron chi connectivity index (χ2n) is 5.12. The van der Waals surface area contributed by atoms with Gasteiger partial charge in [0.05, 0.1) is 0 Å². The Hall–Kier alpha value is -2.52. The average molecular weight is 328 g/mol. The van der Waals surface area contributed by atoms with Crippen LogP contribution in [0.4, 0.5) is 5.69 Å². The van der Waals surface area contributed by atoms with Crippen LogP contribution in [0.25, 0.3) is 6.08 Å². The number of carbonyl (C=O) groups is 1. The Balaban J connectivity index is 1.99. The van der Waals surface area contributed by atoms with Crippen LogP contribution < -0.4 is 10.1 Å². The summed E-state index contributed by atoms with van der Waals surface area (Å²) in [6.45, 7) is 6.13. The molecule has 0 radical (unpaired) electrons. The van der Waals surface area contributed by atoms with Crippen LogP contribution in [-0.2, 0) is 4.79 Å². The molecular weight excluding hydrogens is 310 g/mol. The van der Waals surface area contributed by atoms with Gasteiger partial charge in [-0.2, -0.15) is 0 Å². The molecule has 1 N–H and O–H groups in total. The molecular formula is C19H18ClNO2. The van der Waals surface area contributed by atoms with Crippen LogP contribution in [0.3, 0.4) is 0 Å². The molecule has 2 aromatic rings. The van der Waals surface area contributed by atoms with E-state index in [9.17, 15) is 4.79 Å². The van der Waals surface area contributed by atoms with Gasteiger partial charge < -0.3 is 10.1 Å². The van der Waals surface area contributed by atoms with Gasteiger partial charge in [-0.05, 0) is 42.3 Å². The van der Waals surface area contributed by atoms with Crippen molar-refractivity contribution in [1.82, 2.24) is 0 Å². The molecule has 0 unspecified atom stereocenters. The van der Waals surface area contributed by atoms with E-state index >= 15 is 0 Å². The monoisotopic (exact) mass is 327 g/mol. The maximum atomic E-state index is 12.0. The number of ether oxygens (including phenoxy) is 1. The van der Waals surface area contributed by atoms with Crippen molar-refractivity contribution in [1.29, 1.82) is 0 Å². The number of amides is 1. The van der Waals surface area contributed by atoms with Gasteiger partial charge in [0.25, 0.3) is 0 Å². The normalized spacial score (nSPS) is 10.5. The largest absolute Gasteiger partial charge is 0.489 e. The Morgan fingerprint density at radius 3 is 2.78 bits per heavy atom. The number of hydrogen-bond acceptors (Lipinski definition) is 2. The summed E-state index contributed by atoms with van der Waals surface area (Å²) in [6, 6.07) is 14.6. The third-order valence-corrected chi connectivity index (χ3v) is 3.25. The van der Waals surface area contributed by atoms with Crippen molar-refractivity contribution in [3.63, 3.8) is 0 Å². The smallest absolute Gasteiger partial charge is 0.248 e. The van der Waals surface area contributed by atoms with Crippen molar-refractivity contribution in [2.24, 2.45) is 0 Å². The van der Waals surface area contributed by atoms with Crippen molar-refractivity contribution >= 4 is 29.3 Å². The number of rotatable bonds is 6. The fourth-order valence-corrected chi connectivity index (χ4v) is 2.03. The molecule has 0 fully saturated rings. The van der Waals surface area contributed by atoms with Crippen molar-refractivity contribution in [3.05, 3.63) is 77.3 Å². The lowest BCUT2D eigenvalue weighted by molar-refractivity contribution is -0.111. The third kappa shape index (κ3) is 5.64. The second-order valence-corrected chi connectivity index (χ2v) is 5.52. The molecule has 2 aromatic carbocycles. The van der Waals surface area contributed by atoms with Crippen LogP contribution in [0.1, 0.15) is 12.5 Å². The van der Waals surface area contributed by atoms with E-state index in [1.54, 1.807) is 24.3 Å². The van der Waals surface area contributed by atoms with Crippen LogP contribution in [0, 0.1) is 0 Å². The zero-order valence-corrected chi connectivity index (χ0v) is 13.6. The van der Waals surface area contributed by atoms with E-state index in [0.29, 0.717) is 23.1 Å². The van der Waals surface area contributed by atoms with Crippen LogP contribution in [-0.4, -0.2) is 12.5 Å². The van der Waals surface area contributed by atoms with Crippen molar-refractivity contribution in [3.8, 4) is 5.75 Å². The predicted molar refractivity (Wildman–Crippen MR) is 95.9 cm³/mol. The SMILES string of the molecule is C=C(C)COc1cccc(NC(=O)/C=C/c2ccccc2Cl)c1. The van der Waals surface area contributed by atoms with Crippen LogP contribution in [0.2, 0.25) is 5.02 Å². The van der Waals surface area contributed by atoms with Crippen LogP contribution in [0.15, 0.2) is 66.8 Å². The minimum atomic E-state index is -0.234. The first-order chi connectivity index (χ1) is 11.0. The Bertz CT molecular complexity index is 738. The molecule has 3 nitrogen and oxygen atoms in total. The lowest BCUT2D eigenvalue weighted by Crippen LogP contribution is -2.08. The Labute approximate surface area is 141 Å². The zero-order chi connectivity index (χ0) is 16.7. The molecule has 0 spiro atoms. The summed E-state index contributed by atoms with van der Waals surface area (Å²) in [5, 5.41) is 3.39. The molecule has 118 valence electrons. The highest BCUT2D eigenvalue weighted by Crippen LogP contribution is 2.19. The van der Waals surface area contributed by atoms with Crippen molar-refractivity contribution < 1.29 is 9.53 Å². The number of benzene rings is 2. The first-order valence-electron chi connectivity index (χ1n) is 7.15. The highest BCUT2D eigenvalue weighted by molar-refractivity contribution is 6.32. The average Bonchev–Trinajstić information content (AvgIpc) is 2.52. The molecule has 0 atom stereocenters. The quantitative estimate of drug-likeness (QED) is 0.602. The molecule has 0 aliphatic heterocycles. The molecule has 0 heterocycles. The lowest BCUT2D eigenvalue weighted by Gasteiger charge is -2.08. The Kier molecular flexibility index (Phi) is 6.01. The molecule has 0 saturated heterocycles. The molecule has 0 saturated carbocycles. The molecule has 1 amide bonds. The number of hydrogen-bond donors (Lipinski definition) is 1. The second kappa shape index (κ2) is 8.20. The van der Waals surface area contributed by atoms with Crippen LogP contribution >= 0.6 is 11.6 Å². The maximum absolute atomic E-state index is 12.0. The van der Waals surface area contributed by atoms with Gasteiger partial charge in [0.2, 0.25) is 5.91 Å². The summed E-state index contributed by atoms with van der Waals surface area (Å²) in [7, 11) is 0. The molecule has 0 bridgehead atoms. The van der Waals surface area contributed by atoms with Gasteiger partial charge in [0, 0.05) is 22.9 Å². The van der Waals surface area contributed by atoms with Gasteiger partial charge in [-0.25, -0.2) is 0 Å². The standard InChI is InChI=1S/C19H18ClNO2/c1-14(2)13-23-17-8-5-7-16(12-17)21-19(22)11-10-15-6-3-4-9-18(15)20/h3-12H,1,13H2,2H3,(H,21,22)/b11-10+. The summed E-state index contributed by atoms with van der Waals surface area (Å²) in [5.74, 6) is 0.447. The predicted octanol–water partition coefficient (Wildman–Crippen LogP) is 4.95. The molecule has 0 aliphatic rings. The summed E-state index contributed by atoms with van der Waals surface area (Å²) < 4.78 is 5.55. The van der Waals surface area contributed by atoms with E-state index in [1.807, 2.05) is 37.3 Å². The summed E-state index contributed by atoms with van der Waals surface area (Å²) in [6.07, 6.45) is 3.13. The lowest BCUT2D eigenvalue weighted by atomic mass is 10.2. The topological polar surface area (TPSA) is 38.3 Å². The third-order valence-electron chi connectivity index (χ3n) is 2.91. The van der Waals surface area contributed by atoms with Gasteiger partial charge in [-0.15, -0.1) is 0 Å². The van der Waals surface area contributed by atoms with Gasteiger partial charge in [-0.1, -0.05) is 42.4 Å². The summed E-state index contributed by atoms with van der Waals surface area (Å²) in [4.78, 5) is 12.0. The number of carbonyl (C=O) groups excluding carboxylic acids is 1. The summed E-state index contributed by atoms with van der Waals surface area (Å²) >= 11 is 6.04. The first-order valence-corrected chi connectivity index (χ1v) is 7.53. The minimum absolute atomic E-state index is 0.234. The highest BCUT2D eigenvalue weighted by atomic mass is 35.5. The van der Waals surface area contributed by atoms with Crippen LogP contribution in [0.5, 0.6) is 5.75 Å². The van der Waals surface area contributed by atoms with E-state index in [0.717, 1.165) is 11.1 Å². The Morgan fingerprint density at radius 2 is 2.04 bits per heavy atom. The summed E-state index contributed by atoms with van der Waals surface area (Å²) in [5.41, 5.74) is 2.39. The van der Waals surface area contributed by atoms with Crippen molar-refractivity contribution in [2.45, 2.75) is 6.92 Å². The first kappa shape index (κ1) is 16.8. The van der Waals surface area contributed by atoms with E-state index in [-0.39, 0.29) is 5.91 Å². The zero-order valence-electron chi connectivity index (χ0n) is 12.9. The fourth-order valence-electron chi connectivity index (χ4n) is 1.83. The van der Waals surface area contributed by atoms with Gasteiger partial charge in [0.1, 0.15) is 12.4 Å². The van der Waals surface area contributed by atoms with E-state index in [4.69, 9.17) is 16.3 Å². The van der Waals surface area contributed by atoms with Crippen molar-refractivity contribution in [2.75, 3.05) is 11.9 Å². The van der Waals surface area contributed by atoms with E-state index in [1.165, 1.54) is 6.08 Å². The van der Waals surface area contributed by atoms with Gasteiger partial charge in [0.15, 0.2) is 0 Å². The molecule has 2 rings (SSSR count). The number of anilines is 1. The Morgan fingerprint density at radius 1 is 1.26 bits per heavy atom. The van der Waals surface area contributed by atoms with Gasteiger partial charge >= 0.3 is 0 Å². The fraction of sp³-hybridized carbons (Fsp3) is 0.105. The number of nitrogens with one attached hydrogen (secondary N) is 1. The molecule has 0 aromatic heterocycles. The van der Waals surface area contributed by atoms with E-state index in [2.05, 4.69) is 11.9 Å². The highest BCUT2D eigenvalue weighted by Gasteiger charge is 2.01. The van der Waals surface area contributed by atoms with E-state index < -0.39 is 0 Å². The molecule has 4 heteroatoms. The van der Waals surface area contributed by atoms with Gasteiger partial charge in [-0.3, -0.25) is 4.79 Å². The molecule has 0 aliphatic carbocycles. The minimum Gasteiger partial charge on any atom is -0.489 e. The molecule has 23 heavy (non-hydrogen) atoms. The number of halogens is 1. The maximum Gasteiger partial charge on any atom is 0.248 e.